The van der Waals surface area contributed by atoms with Gasteiger partial charge in [0, 0.05) is 11.6 Å². The molecule has 0 unspecified atom stereocenters. The monoisotopic (exact) mass is 277 g/mol. The first-order valence-electron chi connectivity index (χ1n) is 6.29. The van der Waals surface area contributed by atoms with Crippen LogP contribution in [-0.2, 0) is 9.59 Å². The molecule has 0 aliphatic rings. The molecule has 1 aromatic carbocycles. The van der Waals surface area contributed by atoms with Crippen molar-refractivity contribution in [2.24, 2.45) is 0 Å². The first kappa shape index (κ1) is 15.7. The van der Waals surface area contributed by atoms with E-state index in [9.17, 15) is 14.4 Å². The van der Waals surface area contributed by atoms with Crippen molar-refractivity contribution in [3.05, 3.63) is 34.9 Å². The summed E-state index contributed by atoms with van der Waals surface area (Å²) >= 11 is 0. The molecule has 3 N–H and O–H groups in total. The molecule has 0 aliphatic heterocycles. The van der Waals surface area contributed by atoms with Gasteiger partial charge in [-0.2, -0.15) is 0 Å². The summed E-state index contributed by atoms with van der Waals surface area (Å²) in [5, 5.41) is 2.42. The third-order valence-corrected chi connectivity index (χ3v) is 2.68. The molecule has 6 heteroatoms. The molecule has 0 fully saturated rings. The van der Waals surface area contributed by atoms with Crippen molar-refractivity contribution < 1.29 is 14.4 Å². The van der Waals surface area contributed by atoms with E-state index >= 15 is 0 Å². The number of nitrogens with one attached hydrogen (secondary N) is 3. The van der Waals surface area contributed by atoms with Crippen molar-refractivity contribution in [2.75, 3.05) is 0 Å². The predicted molar refractivity (Wildman–Crippen MR) is 74.8 cm³/mol. The summed E-state index contributed by atoms with van der Waals surface area (Å²) in [5.74, 6) is -2.17. The van der Waals surface area contributed by atoms with Gasteiger partial charge in [0.05, 0.1) is 0 Å². The molecule has 0 radical (unpaired) electrons. The molecule has 0 aliphatic carbocycles. The molecule has 0 atom stereocenters. The lowest BCUT2D eigenvalue weighted by Gasteiger charge is -2.10. The molecule has 0 bridgehead atoms. The lowest BCUT2D eigenvalue weighted by Crippen LogP contribution is -2.49. The van der Waals surface area contributed by atoms with Crippen LogP contribution in [0.5, 0.6) is 0 Å². The Morgan fingerprint density at radius 3 is 2.15 bits per heavy atom. The second kappa shape index (κ2) is 6.70. The normalized spacial score (nSPS) is 10.1. The van der Waals surface area contributed by atoms with Crippen molar-refractivity contribution in [1.82, 2.24) is 16.2 Å². The van der Waals surface area contributed by atoms with Crippen molar-refractivity contribution in [3.8, 4) is 0 Å². The molecule has 3 amide bonds. The molecule has 0 heterocycles. The average Bonchev–Trinajstić information content (AvgIpc) is 2.37. The Hall–Kier alpha value is -2.37. The molecular formula is C14H19N3O3. The SMILES string of the molecule is Cc1ccc(C(=O)NNC(=O)C(=O)NC(C)C)cc1C. The molecule has 0 aromatic heterocycles. The van der Waals surface area contributed by atoms with Gasteiger partial charge in [-0.25, -0.2) is 0 Å². The maximum atomic E-state index is 11.8. The minimum atomic E-state index is -0.907. The Morgan fingerprint density at radius 1 is 0.950 bits per heavy atom. The summed E-state index contributed by atoms with van der Waals surface area (Å²) in [7, 11) is 0. The Kier molecular flexibility index (Phi) is 5.25. The lowest BCUT2D eigenvalue weighted by atomic mass is 10.1. The van der Waals surface area contributed by atoms with Gasteiger partial charge in [-0.1, -0.05) is 6.07 Å². The molecule has 1 rings (SSSR count). The van der Waals surface area contributed by atoms with Gasteiger partial charge in [-0.15, -0.1) is 0 Å². The highest BCUT2D eigenvalue weighted by molar-refractivity contribution is 6.35. The maximum absolute atomic E-state index is 11.8. The van der Waals surface area contributed by atoms with E-state index in [2.05, 4.69) is 16.2 Å². The standard InChI is InChI=1S/C14H19N3O3/c1-8(2)15-13(19)14(20)17-16-12(18)11-6-5-9(3)10(4)7-11/h5-8H,1-4H3,(H,15,19)(H,16,18)(H,17,20). The van der Waals surface area contributed by atoms with Gasteiger partial charge in [0.1, 0.15) is 0 Å². The van der Waals surface area contributed by atoms with Crippen LogP contribution in [0, 0.1) is 13.8 Å². The van der Waals surface area contributed by atoms with Crippen molar-refractivity contribution in [2.45, 2.75) is 33.7 Å². The summed E-state index contributed by atoms with van der Waals surface area (Å²) in [5.41, 5.74) is 6.73. The number of carbonyl (C=O) groups is 3. The number of benzene rings is 1. The second-order valence-electron chi connectivity index (χ2n) is 4.84. The molecule has 6 nitrogen and oxygen atoms in total. The minimum absolute atomic E-state index is 0.149. The van der Waals surface area contributed by atoms with E-state index in [4.69, 9.17) is 0 Å². The summed E-state index contributed by atoms with van der Waals surface area (Å²) in [6, 6.07) is 5.03. The fourth-order valence-corrected chi connectivity index (χ4v) is 1.45. The molecular weight excluding hydrogens is 258 g/mol. The van der Waals surface area contributed by atoms with Crippen molar-refractivity contribution in [1.29, 1.82) is 0 Å². The summed E-state index contributed by atoms with van der Waals surface area (Å²) in [6.07, 6.45) is 0. The van der Waals surface area contributed by atoms with Crippen LogP contribution in [-0.4, -0.2) is 23.8 Å². The quantitative estimate of drug-likeness (QED) is 0.546. The van der Waals surface area contributed by atoms with E-state index in [1.807, 2.05) is 19.9 Å². The van der Waals surface area contributed by atoms with Crippen LogP contribution in [0.4, 0.5) is 0 Å². The van der Waals surface area contributed by atoms with Crippen molar-refractivity contribution >= 4 is 17.7 Å². The fraction of sp³-hybridized carbons (Fsp3) is 0.357. The Labute approximate surface area is 117 Å². The predicted octanol–water partition coefficient (Wildman–Crippen LogP) is 0.589. The third kappa shape index (κ3) is 4.38. The zero-order valence-corrected chi connectivity index (χ0v) is 12.0. The number of rotatable bonds is 2. The van der Waals surface area contributed by atoms with Gasteiger partial charge in [0.15, 0.2) is 0 Å². The number of amides is 3. The van der Waals surface area contributed by atoms with Crippen LogP contribution in [0.3, 0.4) is 0 Å². The van der Waals surface area contributed by atoms with Gasteiger partial charge < -0.3 is 5.32 Å². The van der Waals surface area contributed by atoms with Gasteiger partial charge >= 0.3 is 11.8 Å². The van der Waals surface area contributed by atoms with Crippen LogP contribution < -0.4 is 16.2 Å². The van der Waals surface area contributed by atoms with Crippen LogP contribution >= 0.6 is 0 Å². The van der Waals surface area contributed by atoms with Gasteiger partial charge in [-0.05, 0) is 51.0 Å². The first-order valence-corrected chi connectivity index (χ1v) is 6.29. The molecule has 0 saturated heterocycles. The maximum Gasteiger partial charge on any atom is 0.327 e. The Balaban J connectivity index is 2.57. The van der Waals surface area contributed by atoms with Gasteiger partial charge in [0.25, 0.3) is 5.91 Å². The van der Waals surface area contributed by atoms with E-state index in [0.717, 1.165) is 11.1 Å². The number of carbonyl (C=O) groups excluding carboxylic acids is 3. The Morgan fingerprint density at radius 2 is 1.60 bits per heavy atom. The summed E-state index contributed by atoms with van der Waals surface area (Å²) in [4.78, 5) is 34.5. The molecule has 0 spiro atoms. The van der Waals surface area contributed by atoms with Gasteiger partial charge in [-0.3, -0.25) is 25.2 Å². The lowest BCUT2D eigenvalue weighted by molar-refractivity contribution is -0.139. The number of hydrazine groups is 1. The van der Waals surface area contributed by atoms with E-state index in [1.54, 1.807) is 26.0 Å². The van der Waals surface area contributed by atoms with E-state index in [0.29, 0.717) is 5.56 Å². The van der Waals surface area contributed by atoms with Gasteiger partial charge in [0.2, 0.25) is 0 Å². The molecule has 1 aromatic rings. The largest absolute Gasteiger partial charge is 0.346 e. The van der Waals surface area contributed by atoms with E-state index in [-0.39, 0.29) is 6.04 Å². The number of hydrogen-bond acceptors (Lipinski definition) is 3. The third-order valence-electron chi connectivity index (χ3n) is 2.68. The topological polar surface area (TPSA) is 87.3 Å². The number of hydrogen-bond donors (Lipinski definition) is 3. The highest BCUT2D eigenvalue weighted by Gasteiger charge is 2.15. The fourth-order valence-electron chi connectivity index (χ4n) is 1.45. The Bertz CT molecular complexity index is 538. The zero-order chi connectivity index (χ0) is 15.3. The van der Waals surface area contributed by atoms with Crippen LogP contribution in [0.15, 0.2) is 18.2 Å². The highest BCUT2D eigenvalue weighted by Crippen LogP contribution is 2.09. The van der Waals surface area contributed by atoms with Crippen LogP contribution in [0.1, 0.15) is 35.3 Å². The van der Waals surface area contributed by atoms with E-state index in [1.165, 1.54) is 0 Å². The number of aryl methyl sites for hydroxylation is 2. The second-order valence-corrected chi connectivity index (χ2v) is 4.84. The van der Waals surface area contributed by atoms with E-state index < -0.39 is 17.7 Å². The summed E-state index contributed by atoms with van der Waals surface area (Å²) < 4.78 is 0. The zero-order valence-electron chi connectivity index (χ0n) is 12.0. The van der Waals surface area contributed by atoms with Crippen LogP contribution in [0.25, 0.3) is 0 Å². The summed E-state index contributed by atoms with van der Waals surface area (Å²) in [6.45, 7) is 7.30. The smallest absolute Gasteiger partial charge is 0.327 e. The highest BCUT2D eigenvalue weighted by atomic mass is 16.2. The van der Waals surface area contributed by atoms with Crippen LogP contribution in [0.2, 0.25) is 0 Å². The minimum Gasteiger partial charge on any atom is -0.346 e. The average molecular weight is 277 g/mol. The molecule has 108 valence electrons. The first-order chi connectivity index (χ1) is 9.31. The molecule has 20 heavy (non-hydrogen) atoms. The van der Waals surface area contributed by atoms with Crippen molar-refractivity contribution in [3.63, 3.8) is 0 Å². The molecule has 0 saturated carbocycles.